The van der Waals surface area contributed by atoms with E-state index in [9.17, 15) is 4.79 Å². The zero-order valence-electron chi connectivity index (χ0n) is 12.4. The van der Waals surface area contributed by atoms with E-state index in [1.54, 1.807) is 0 Å². The SMILES string of the molecule is O=C(CCCC[C@@H](S)CCS)OCCN1CCCCC1. The summed E-state index contributed by atoms with van der Waals surface area (Å²) in [6, 6.07) is 0. The number of nitrogens with zero attached hydrogens (tertiary/aromatic N) is 1. The van der Waals surface area contributed by atoms with Crippen molar-refractivity contribution in [1.82, 2.24) is 4.90 Å². The Kier molecular flexibility index (Phi) is 10.7. The molecule has 1 aliphatic rings. The summed E-state index contributed by atoms with van der Waals surface area (Å²) in [5, 5.41) is 0.419. The fourth-order valence-corrected chi connectivity index (χ4v) is 3.31. The van der Waals surface area contributed by atoms with Crippen molar-refractivity contribution in [1.29, 1.82) is 0 Å². The van der Waals surface area contributed by atoms with Crippen LogP contribution in [0.4, 0.5) is 0 Å². The van der Waals surface area contributed by atoms with Crippen molar-refractivity contribution in [3.8, 4) is 0 Å². The average molecular weight is 320 g/mol. The maximum absolute atomic E-state index is 11.6. The zero-order valence-corrected chi connectivity index (χ0v) is 14.2. The number of rotatable bonds is 10. The normalized spacial score (nSPS) is 17.9. The lowest BCUT2D eigenvalue weighted by atomic mass is 10.1. The number of unbranched alkanes of at least 4 members (excludes halogenated alkanes) is 1. The molecule has 0 radical (unpaired) electrons. The lowest BCUT2D eigenvalue weighted by Gasteiger charge is -2.25. The third kappa shape index (κ3) is 9.14. The molecule has 0 bridgehead atoms. The van der Waals surface area contributed by atoms with Crippen LogP contribution in [0.1, 0.15) is 51.4 Å². The summed E-state index contributed by atoms with van der Waals surface area (Å²) in [7, 11) is 0. The smallest absolute Gasteiger partial charge is 0.305 e. The molecule has 0 aromatic heterocycles. The number of thiol groups is 2. The number of ether oxygens (including phenoxy) is 1. The van der Waals surface area contributed by atoms with Gasteiger partial charge in [0.2, 0.25) is 0 Å². The molecular weight excluding hydrogens is 290 g/mol. The molecule has 5 heteroatoms. The Labute approximate surface area is 134 Å². The highest BCUT2D eigenvalue weighted by molar-refractivity contribution is 7.81. The van der Waals surface area contributed by atoms with Crippen LogP contribution in [0.2, 0.25) is 0 Å². The minimum atomic E-state index is -0.0491. The number of carbonyl (C=O) groups is 1. The van der Waals surface area contributed by atoms with E-state index in [1.165, 1.54) is 19.3 Å². The molecule has 3 nitrogen and oxygen atoms in total. The standard InChI is InChI=1S/C15H29NO2S2/c17-15(7-3-2-6-14(20)8-13-19)18-12-11-16-9-4-1-5-10-16/h14,19-20H,1-13H2/t14-/m1/s1. The molecule has 0 N–H and O–H groups in total. The fourth-order valence-electron chi connectivity index (χ4n) is 2.49. The number of hydrogen-bond donors (Lipinski definition) is 2. The van der Waals surface area contributed by atoms with Crippen molar-refractivity contribution < 1.29 is 9.53 Å². The van der Waals surface area contributed by atoms with Crippen molar-refractivity contribution >= 4 is 31.2 Å². The van der Waals surface area contributed by atoms with Gasteiger partial charge in [-0.2, -0.15) is 25.3 Å². The van der Waals surface area contributed by atoms with E-state index in [1.807, 2.05) is 0 Å². The van der Waals surface area contributed by atoms with Gasteiger partial charge in [-0.1, -0.05) is 12.8 Å². The van der Waals surface area contributed by atoms with Crippen LogP contribution in [0.15, 0.2) is 0 Å². The van der Waals surface area contributed by atoms with Gasteiger partial charge in [0.15, 0.2) is 0 Å². The third-order valence-corrected chi connectivity index (χ3v) is 4.52. The Morgan fingerprint density at radius 1 is 1.15 bits per heavy atom. The summed E-state index contributed by atoms with van der Waals surface area (Å²) in [5.74, 6) is 0.833. The number of esters is 1. The lowest BCUT2D eigenvalue weighted by molar-refractivity contribution is -0.144. The predicted octanol–water partition coefficient (Wildman–Crippen LogP) is 3.19. The first-order chi connectivity index (χ1) is 9.72. The van der Waals surface area contributed by atoms with E-state index in [0.717, 1.165) is 51.1 Å². The summed E-state index contributed by atoms with van der Waals surface area (Å²) in [6.07, 6.45) is 8.50. The number of piperidine rings is 1. The molecule has 0 aliphatic carbocycles. The molecule has 1 saturated heterocycles. The molecule has 0 unspecified atom stereocenters. The highest BCUT2D eigenvalue weighted by atomic mass is 32.1. The van der Waals surface area contributed by atoms with Gasteiger partial charge in [0.25, 0.3) is 0 Å². The maximum Gasteiger partial charge on any atom is 0.305 e. The minimum Gasteiger partial charge on any atom is -0.464 e. The number of likely N-dealkylation sites (tertiary alicyclic amines) is 1. The monoisotopic (exact) mass is 319 g/mol. The van der Waals surface area contributed by atoms with Crippen LogP contribution >= 0.6 is 25.3 Å². The molecule has 1 atom stereocenters. The molecule has 118 valence electrons. The van der Waals surface area contributed by atoms with Gasteiger partial charge < -0.3 is 4.74 Å². The molecule has 1 aliphatic heterocycles. The van der Waals surface area contributed by atoms with Gasteiger partial charge in [0.1, 0.15) is 6.61 Å². The molecule has 0 saturated carbocycles. The topological polar surface area (TPSA) is 29.5 Å². The molecule has 0 aromatic rings. The molecule has 0 spiro atoms. The Morgan fingerprint density at radius 3 is 2.60 bits per heavy atom. The Balaban J connectivity index is 1.92. The van der Waals surface area contributed by atoms with Crippen LogP contribution in [0.25, 0.3) is 0 Å². The van der Waals surface area contributed by atoms with Crippen LogP contribution in [-0.2, 0) is 9.53 Å². The predicted molar refractivity (Wildman–Crippen MR) is 91.0 cm³/mol. The summed E-state index contributed by atoms with van der Waals surface area (Å²) in [4.78, 5) is 14.0. The van der Waals surface area contributed by atoms with Crippen LogP contribution in [0.5, 0.6) is 0 Å². The molecule has 1 rings (SSSR count). The first kappa shape index (κ1) is 18.2. The van der Waals surface area contributed by atoms with E-state index < -0.39 is 0 Å². The molecular formula is C15H29NO2S2. The average Bonchev–Trinajstić information content (AvgIpc) is 2.45. The lowest BCUT2D eigenvalue weighted by Crippen LogP contribution is -2.33. The van der Waals surface area contributed by atoms with Crippen LogP contribution in [-0.4, -0.2) is 48.1 Å². The van der Waals surface area contributed by atoms with Gasteiger partial charge in [-0.05, 0) is 50.9 Å². The maximum atomic E-state index is 11.6. The zero-order chi connectivity index (χ0) is 14.6. The highest BCUT2D eigenvalue weighted by Gasteiger charge is 2.10. The van der Waals surface area contributed by atoms with Gasteiger partial charge in [-0.15, -0.1) is 0 Å². The van der Waals surface area contributed by atoms with Crippen molar-refractivity contribution in [3.63, 3.8) is 0 Å². The van der Waals surface area contributed by atoms with E-state index in [2.05, 4.69) is 30.2 Å². The second-order valence-corrected chi connectivity index (χ2v) is 6.71. The van der Waals surface area contributed by atoms with E-state index >= 15 is 0 Å². The van der Waals surface area contributed by atoms with Gasteiger partial charge in [0, 0.05) is 18.2 Å². The summed E-state index contributed by atoms with van der Waals surface area (Å²) in [5.41, 5.74) is 0. The highest BCUT2D eigenvalue weighted by Crippen LogP contribution is 2.13. The Bertz CT molecular complexity index is 258. The van der Waals surface area contributed by atoms with Gasteiger partial charge in [0.05, 0.1) is 0 Å². The molecule has 1 fully saturated rings. The molecule has 0 aromatic carbocycles. The minimum absolute atomic E-state index is 0.0491. The first-order valence-corrected chi connectivity index (χ1v) is 9.04. The Morgan fingerprint density at radius 2 is 1.90 bits per heavy atom. The summed E-state index contributed by atoms with van der Waals surface area (Å²) in [6.45, 7) is 3.76. The fraction of sp³-hybridized carbons (Fsp3) is 0.933. The van der Waals surface area contributed by atoms with Crippen molar-refractivity contribution in [2.24, 2.45) is 0 Å². The van der Waals surface area contributed by atoms with Gasteiger partial charge >= 0.3 is 5.97 Å². The number of carbonyl (C=O) groups excluding carboxylic acids is 1. The number of hydrogen-bond acceptors (Lipinski definition) is 5. The summed E-state index contributed by atoms with van der Waals surface area (Å²) < 4.78 is 5.29. The first-order valence-electron chi connectivity index (χ1n) is 7.89. The second-order valence-electron chi connectivity index (χ2n) is 5.53. The quantitative estimate of drug-likeness (QED) is 0.368. The van der Waals surface area contributed by atoms with Gasteiger partial charge in [-0.25, -0.2) is 0 Å². The van der Waals surface area contributed by atoms with E-state index in [0.29, 0.717) is 18.3 Å². The largest absolute Gasteiger partial charge is 0.464 e. The van der Waals surface area contributed by atoms with Crippen LogP contribution in [0, 0.1) is 0 Å². The Hall–Kier alpha value is 0.130. The molecule has 20 heavy (non-hydrogen) atoms. The van der Waals surface area contributed by atoms with Crippen LogP contribution < -0.4 is 0 Å². The molecule has 1 heterocycles. The van der Waals surface area contributed by atoms with Crippen LogP contribution in [0.3, 0.4) is 0 Å². The third-order valence-electron chi connectivity index (χ3n) is 3.75. The van der Waals surface area contributed by atoms with Crippen molar-refractivity contribution in [3.05, 3.63) is 0 Å². The van der Waals surface area contributed by atoms with E-state index in [4.69, 9.17) is 4.74 Å². The van der Waals surface area contributed by atoms with E-state index in [-0.39, 0.29) is 5.97 Å². The van der Waals surface area contributed by atoms with Crippen molar-refractivity contribution in [2.75, 3.05) is 32.0 Å². The second kappa shape index (κ2) is 11.8. The summed E-state index contributed by atoms with van der Waals surface area (Å²) >= 11 is 8.67. The molecule has 0 amide bonds. The van der Waals surface area contributed by atoms with Gasteiger partial charge in [-0.3, -0.25) is 9.69 Å². The van der Waals surface area contributed by atoms with Crippen molar-refractivity contribution in [2.45, 2.75) is 56.6 Å².